The van der Waals surface area contributed by atoms with Crippen molar-refractivity contribution >= 4 is 12.0 Å². The molecule has 0 aliphatic heterocycles. The Bertz CT molecular complexity index is 814. The summed E-state index contributed by atoms with van der Waals surface area (Å²) in [5.41, 5.74) is 3.63. The third kappa shape index (κ3) is 4.17. The van der Waals surface area contributed by atoms with Gasteiger partial charge in [-0.25, -0.2) is 9.07 Å². The van der Waals surface area contributed by atoms with E-state index < -0.39 is 24.6 Å². The normalized spacial score (nSPS) is 16.0. The number of carboxylic acid groups (broad SMARTS) is 1. The van der Waals surface area contributed by atoms with Gasteiger partial charge in [0.25, 0.3) is 0 Å². The molecule has 3 rings (SSSR count). The third-order valence-corrected chi connectivity index (χ3v) is 4.42. The van der Waals surface area contributed by atoms with Crippen LogP contribution in [0, 0.1) is 5.82 Å². The fourth-order valence-electron chi connectivity index (χ4n) is 3.21. The third-order valence-electron chi connectivity index (χ3n) is 4.42. The van der Waals surface area contributed by atoms with Crippen molar-refractivity contribution in [3.8, 4) is 5.69 Å². The van der Waals surface area contributed by atoms with E-state index in [-0.39, 0.29) is 12.2 Å². The van der Waals surface area contributed by atoms with Crippen molar-refractivity contribution in [3.63, 3.8) is 0 Å². The number of benzene rings is 1. The summed E-state index contributed by atoms with van der Waals surface area (Å²) in [4.78, 5) is 10.6. The molecule has 0 saturated carbocycles. The predicted octanol–water partition coefficient (Wildman–Crippen LogP) is 2.10. The number of aliphatic hydroxyl groups excluding tert-OH is 2. The second kappa shape index (κ2) is 7.80. The van der Waals surface area contributed by atoms with E-state index in [9.17, 15) is 19.4 Å². The fraction of sp³-hybridized carbons (Fsp3) is 0.368. The zero-order valence-corrected chi connectivity index (χ0v) is 14.2. The lowest BCUT2D eigenvalue weighted by atomic mass is 10.1. The highest BCUT2D eigenvalue weighted by molar-refractivity contribution is 5.67. The molecule has 0 spiro atoms. The molecule has 7 heteroatoms. The minimum absolute atomic E-state index is 0.0598. The van der Waals surface area contributed by atoms with Gasteiger partial charge in [0.1, 0.15) is 5.82 Å². The summed E-state index contributed by atoms with van der Waals surface area (Å²) in [6, 6.07) is 6.02. The standard InChI is InChI=1S/C19H21FN2O4/c20-12-4-6-13(7-5-12)22-18(16-2-1-3-17(16)21-22)9-8-14(23)10-15(24)11-19(25)26/h4-9,14-15,23-24H,1-3,10-11H2,(H,25,26)/b9-8+/t14-,15-/m1/s1. The van der Waals surface area contributed by atoms with E-state index in [1.54, 1.807) is 22.9 Å². The molecule has 1 aliphatic rings. The number of aryl methyl sites for hydroxylation is 1. The van der Waals surface area contributed by atoms with Crippen molar-refractivity contribution in [2.75, 3.05) is 0 Å². The zero-order chi connectivity index (χ0) is 18.7. The molecule has 1 aliphatic carbocycles. The van der Waals surface area contributed by atoms with Crippen LogP contribution in [0.5, 0.6) is 0 Å². The molecule has 6 nitrogen and oxygen atoms in total. The first-order chi connectivity index (χ1) is 12.4. The van der Waals surface area contributed by atoms with E-state index in [1.165, 1.54) is 18.2 Å². The topological polar surface area (TPSA) is 95.6 Å². The molecule has 0 unspecified atom stereocenters. The Kier molecular flexibility index (Phi) is 5.49. The average molecular weight is 360 g/mol. The van der Waals surface area contributed by atoms with Crippen LogP contribution in [0.15, 0.2) is 30.3 Å². The van der Waals surface area contributed by atoms with Crippen LogP contribution < -0.4 is 0 Å². The lowest BCUT2D eigenvalue weighted by molar-refractivity contribution is -0.139. The number of hydrogen-bond acceptors (Lipinski definition) is 4. The van der Waals surface area contributed by atoms with Crippen LogP contribution in [0.4, 0.5) is 4.39 Å². The van der Waals surface area contributed by atoms with E-state index in [1.807, 2.05) is 0 Å². The molecule has 0 radical (unpaired) electrons. The average Bonchev–Trinajstić information content (AvgIpc) is 3.14. The van der Waals surface area contributed by atoms with Crippen LogP contribution in [-0.4, -0.2) is 43.3 Å². The molecule has 2 aromatic rings. The minimum Gasteiger partial charge on any atom is -0.481 e. The van der Waals surface area contributed by atoms with Crippen molar-refractivity contribution in [2.45, 2.75) is 44.3 Å². The second-order valence-electron chi connectivity index (χ2n) is 6.47. The first kappa shape index (κ1) is 18.3. The van der Waals surface area contributed by atoms with E-state index in [0.29, 0.717) is 0 Å². The van der Waals surface area contributed by atoms with Crippen LogP contribution in [0.2, 0.25) is 0 Å². The van der Waals surface area contributed by atoms with E-state index in [2.05, 4.69) is 5.10 Å². The molecule has 2 atom stereocenters. The summed E-state index contributed by atoms with van der Waals surface area (Å²) in [7, 11) is 0. The van der Waals surface area contributed by atoms with Crippen LogP contribution >= 0.6 is 0 Å². The quantitative estimate of drug-likeness (QED) is 0.703. The summed E-state index contributed by atoms with van der Waals surface area (Å²) in [5.74, 6) is -1.44. The molecule has 0 fully saturated rings. The summed E-state index contributed by atoms with van der Waals surface area (Å²) in [6.45, 7) is 0. The Morgan fingerprint density at radius 3 is 2.69 bits per heavy atom. The lowest BCUT2D eigenvalue weighted by Crippen LogP contribution is -2.19. The van der Waals surface area contributed by atoms with Crippen molar-refractivity contribution < 1.29 is 24.5 Å². The number of fused-ring (bicyclic) bond motifs is 1. The van der Waals surface area contributed by atoms with Crippen molar-refractivity contribution in [2.24, 2.45) is 0 Å². The molecule has 1 aromatic carbocycles. The SMILES string of the molecule is O=C(O)C[C@H](O)C[C@H](O)/C=C/c1c2c(nn1-c1ccc(F)cc1)CCC2. The highest BCUT2D eigenvalue weighted by atomic mass is 19.1. The molecule has 1 heterocycles. The van der Waals surface area contributed by atoms with Gasteiger partial charge in [0, 0.05) is 12.0 Å². The second-order valence-corrected chi connectivity index (χ2v) is 6.47. The van der Waals surface area contributed by atoms with Crippen LogP contribution in [0.25, 0.3) is 11.8 Å². The van der Waals surface area contributed by atoms with E-state index in [0.717, 1.165) is 41.9 Å². The van der Waals surface area contributed by atoms with Crippen molar-refractivity contribution in [3.05, 3.63) is 53.1 Å². The Balaban J connectivity index is 1.82. The van der Waals surface area contributed by atoms with Crippen LogP contribution in [0.1, 0.15) is 36.2 Å². The Hall–Kier alpha value is -2.51. The van der Waals surface area contributed by atoms with E-state index in [4.69, 9.17) is 5.11 Å². The number of halogens is 1. The van der Waals surface area contributed by atoms with Gasteiger partial charge in [-0.1, -0.05) is 6.08 Å². The van der Waals surface area contributed by atoms with Gasteiger partial charge in [0.05, 0.1) is 35.7 Å². The van der Waals surface area contributed by atoms with Crippen molar-refractivity contribution in [1.29, 1.82) is 0 Å². The molecule has 0 amide bonds. The highest BCUT2D eigenvalue weighted by Crippen LogP contribution is 2.28. The van der Waals surface area contributed by atoms with Gasteiger partial charge in [-0.15, -0.1) is 0 Å². The lowest BCUT2D eigenvalue weighted by Gasteiger charge is -2.11. The van der Waals surface area contributed by atoms with Crippen molar-refractivity contribution in [1.82, 2.24) is 9.78 Å². The van der Waals surface area contributed by atoms with Gasteiger partial charge < -0.3 is 15.3 Å². The van der Waals surface area contributed by atoms with Gasteiger partial charge in [0.2, 0.25) is 0 Å². The maximum absolute atomic E-state index is 13.2. The summed E-state index contributed by atoms with van der Waals surface area (Å²) < 4.78 is 14.9. The minimum atomic E-state index is -1.11. The Morgan fingerprint density at radius 2 is 2.00 bits per heavy atom. The number of aliphatic hydroxyl groups is 2. The molecule has 138 valence electrons. The fourth-order valence-corrected chi connectivity index (χ4v) is 3.21. The molecule has 1 aromatic heterocycles. The monoisotopic (exact) mass is 360 g/mol. The van der Waals surface area contributed by atoms with Gasteiger partial charge >= 0.3 is 5.97 Å². The number of nitrogens with zero attached hydrogens (tertiary/aromatic N) is 2. The predicted molar refractivity (Wildman–Crippen MR) is 93.5 cm³/mol. The zero-order valence-electron chi connectivity index (χ0n) is 14.2. The number of rotatable bonds is 7. The maximum Gasteiger partial charge on any atom is 0.305 e. The van der Waals surface area contributed by atoms with E-state index >= 15 is 0 Å². The first-order valence-electron chi connectivity index (χ1n) is 8.57. The number of aliphatic carboxylic acids is 1. The summed E-state index contributed by atoms with van der Waals surface area (Å²) in [6.07, 6.45) is 3.49. The molecule has 26 heavy (non-hydrogen) atoms. The molecular weight excluding hydrogens is 339 g/mol. The highest BCUT2D eigenvalue weighted by Gasteiger charge is 2.22. The van der Waals surface area contributed by atoms with Gasteiger partial charge in [-0.05, 0) is 49.6 Å². The van der Waals surface area contributed by atoms with Crippen LogP contribution in [-0.2, 0) is 17.6 Å². The first-order valence-corrected chi connectivity index (χ1v) is 8.57. The number of carbonyl (C=O) groups is 1. The van der Waals surface area contributed by atoms with Crippen LogP contribution in [0.3, 0.4) is 0 Å². The maximum atomic E-state index is 13.2. The Labute approximate surface area is 150 Å². The molecular formula is C19H21FN2O4. The summed E-state index contributed by atoms with van der Waals surface area (Å²) >= 11 is 0. The number of aromatic nitrogens is 2. The number of carboxylic acids is 1. The van der Waals surface area contributed by atoms with Gasteiger partial charge in [-0.3, -0.25) is 4.79 Å². The summed E-state index contributed by atoms with van der Waals surface area (Å²) in [5, 5.41) is 33.0. The van der Waals surface area contributed by atoms with Gasteiger partial charge in [-0.2, -0.15) is 5.10 Å². The molecule has 0 saturated heterocycles. The molecule has 3 N–H and O–H groups in total. The largest absolute Gasteiger partial charge is 0.481 e. The number of hydrogen-bond donors (Lipinski definition) is 3. The molecule has 0 bridgehead atoms. The smallest absolute Gasteiger partial charge is 0.305 e. The Morgan fingerprint density at radius 1 is 1.27 bits per heavy atom. The van der Waals surface area contributed by atoms with Gasteiger partial charge in [0.15, 0.2) is 0 Å².